The molecular weight excluding hydrogens is 272 g/mol. The average molecular weight is 286 g/mol. The van der Waals surface area contributed by atoms with E-state index in [0.29, 0.717) is 11.7 Å². The number of fused-ring (bicyclic) bond motifs is 1. The number of hydrogen-bond acceptors (Lipinski definition) is 5. The fraction of sp³-hybridized carbons (Fsp3) is 0.357. The first-order valence-corrected chi connectivity index (χ1v) is 7.60. The zero-order valence-electron chi connectivity index (χ0n) is 10.9. The van der Waals surface area contributed by atoms with E-state index in [-0.39, 0.29) is 0 Å². The topological polar surface area (TPSA) is 63.3 Å². The van der Waals surface area contributed by atoms with Gasteiger partial charge in [0.15, 0.2) is 5.82 Å². The van der Waals surface area contributed by atoms with Crippen molar-refractivity contribution in [1.82, 2.24) is 19.8 Å². The number of phenolic OH excluding ortho intramolecular Hbond substituents is 1. The number of aromatic nitrogens is 4. The highest BCUT2D eigenvalue weighted by atomic mass is 32.1. The molecule has 1 aliphatic carbocycles. The summed E-state index contributed by atoms with van der Waals surface area (Å²) in [5, 5.41) is 23.5. The van der Waals surface area contributed by atoms with Crippen LogP contribution < -0.4 is 0 Å². The normalized spacial score (nSPS) is 15.6. The maximum atomic E-state index is 9.30. The van der Waals surface area contributed by atoms with Crippen LogP contribution in [0.2, 0.25) is 0 Å². The summed E-state index contributed by atoms with van der Waals surface area (Å²) in [4.78, 5) is 0.876. The van der Waals surface area contributed by atoms with Gasteiger partial charge in [-0.15, -0.1) is 10.2 Å². The second-order valence-electron chi connectivity index (χ2n) is 5.22. The zero-order chi connectivity index (χ0) is 13.5. The van der Waals surface area contributed by atoms with Crippen LogP contribution in [0.4, 0.5) is 0 Å². The third-order valence-corrected chi connectivity index (χ3v) is 4.72. The molecule has 0 atom stereocenters. The van der Waals surface area contributed by atoms with Gasteiger partial charge in [-0.1, -0.05) is 29.9 Å². The Morgan fingerprint density at radius 2 is 2.00 bits per heavy atom. The van der Waals surface area contributed by atoms with Gasteiger partial charge in [-0.25, -0.2) is 0 Å². The van der Waals surface area contributed by atoms with Gasteiger partial charge < -0.3 is 5.11 Å². The molecule has 5 nitrogen and oxygen atoms in total. The lowest BCUT2D eigenvalue weighted by atomic mass is 9.85. The van der Waals surface area contributed by atoms with Crippen molar-refractivity contribution in [3.8, 4) is 5.75 Å². The molecule has 0 amide bonds. The van der Waals surface area contributed by atoms with Crippen LogP contribution in [0.3, 0.4) is 0 Å². The van der Waals surface area contributed by atoms with Crippen LogP contribution in [0, 0.1) is 0 Å². The van der Waals surface area contributed by atoms with E-state index in [4.69, 9.17) is 0 Å². The summed E-state index contributed by atoms with van der Waals surface area (Å²) in [6.07, 6.45) is 4.44. The molecule has 1 N–H and O–H groups in total. The predicted molar refractivity (Wildman–Crippen MR) is 76.2 cm³/mol. The minimum atomic E-state index is 0.291. The van der Waals surface area contributed by atoms with E-state index in [1.54, 1.807) is 23.5 Å². The van der Waals surface area contributed by atoms with Gasteiger partial charge in [0.25, 0.3) is 0 Å². The first-order valence-electron chi connectivity index (χ1n) is 6.78. The monoisotopic (exact) mass is 286 g/mol. The number of hydrogen-bond donors (Lipinski definition) is 1. The molecule has 1 aromatic carbocycles. The Morgan fingerprint density at radius 3 is 2.70 bits per heavy atom. The lowest BCUT2D eigenvalue weighted by molar-refractivity contribution is 0.395. The van der Waals surface area contributed by atoms with Crippen molar-refractivity contribution < 1.29 is 5.11 Å². The van der Waals surface area contributed by atoms with Crippen molar-refractivity contribution in [2.75, 3.05) is 0 Å². The SMILES string of the molecule is Oc1ccc(Cc2nn3c(C4CCC4)nnc3s2)cc1. The summed E-state index contributed by atoms with van der Waals surface area (Å²) in [5.41, 5.74) is 1.14. The predicted octanol–water partition coefficient (Wildman–Crippen LogP) is 2.75. The molecule has 2 aromatic heterocycles. The maximum absolute atomic E-state index is 9.30. The number of rotatable bonds is 3. The molecule has 0 spiro atoms. The zero-order valence-corrected chi connectivity index (χ0v) is 11.7. The van der Waals surface area contributed by atoms with Gasteiger partial charge in [-0.3, -0.25) is 0 Å². The van der Waals surface area contributed by atoms with Gasteiger partial charge in [-0.05, 0) is 30.5 Å². The maximum Gasteiger partial charge on any atom is 0.234 e. The molecule has 4 rings (SSSR count). The van der Waals surface area contributed by atoms with Crippen molar-refractivity contribution in [2.24, 2.45) is 0 Å². The standard InChI is InChI=1S/C14H14N4OS/c19-11-6-4-9(5-7-11)8-12-17-18-13(10-2-1-3-10)15-16-14(18)20-12/h4-7,10,19H,1-3,8H2. The highest BCUT2D eigenvalue weighted by molar-refractivity contribution is 7.16. The number of phenols is 1. The third-order valence-electron chi connectivity index (χ3n) is 3.82. The van der Waals surface area contributed by atoms with Crippen LogP contribution in [-0.2, 0) is 6.42 Å². The molecule has 0 unspecified atom stereocenters. The Kier molecular flexibility index (Phi) is 2.70. The minimum absolute atomic E-state index is 0.291. The Bertz CT molecular complexity index is 742. The Hall–Kier alpha value is -1.95. The molecule has 0 aliphatic heterocycles. The molecule has 1 aliphatic rings. The molecule has 0 saturated heterocycles. The van der Waals surface area contributed by atoms with Crippen LogP contribution in [0.5, 0.6) is 5.75 Å². The number of nitrogens with zero attached hydrogens (tertiary/aromatic N) is 4. The van der Waals surface area contributed by atoms with E-state index in [0.717, 1.165) is 27.8 Å². The molecular formula is C14H14N4OS. The van der Waals surface area contributed by atoms with E-state index in [9.17, 15) is 5.11 Å². The summed E-state index contributed by atoms with van der Waals surface area (Å²) >= 11 is 1.58. The van der Waals surface area contributed by atoms with E-state index in [1.165, 1.54) is 19.3 Å². The lowest BCUT2D eigenvalue weighted by Crippen LogP contribution is -2.13. The summed E-state index contributed by atoms with van der Waals surface area (Å²) in [6.45, 7) is 0. The first kappa shape index (κ1) is 11.8. The van der Waals surface area contributed by atoms with Gasteiger partial charge in [0, 0.05) is 12.3 Å². The van der Waals surface area contributed by atoms with Crippen molar-refractivity contribution >= 4 is 16.3 Å². The number of aromatic hydroxyl groups is 1. The smallest absolute Gasteiger partial charge is 0.234 e. The molecule has 3 aromatic rings. The molecule has 0 bridgehead atoms. The highest BCUT2D eigenvalue weighted by Crippen LogP contribution is 2.35. The second-order valence-corrected chi connectivity index (χ2v) is 6.26. The molecule has 0 radical (unpaired) electrons. The van der Waals surface area contributed by atoms with Crippen LogP contribution in [-0.4, -0.2) is 24.9 Å². The van der Waals surface area contributed by atoms with Crippen molar-refractivity contribution in [2.45, 2.75) is 31.6 Å². The van der Waals surface area contributed by atoms with Gasteiger partial charge in [-0.2, -0.15) is 9.61 Å². The van der Waals surface area contributed by atoms with Crippen molar-refractivity contribution in [1.29, 1.82) is 0 Å². The molecule has 1 saturated carbocycles. The summed E-state index contributed by atoms with van der Waals surface area (Å²) in [6, 6.07) is 7.25. The lowest BCUT2D eigenvalue weighted by Gasteiger charge is -2.22. The molecule has 1 fully saturated rings. The Morgan fingerprint density at radius 1 is 1.20 bits per heavy atom. The number of benzene rings is 1. The fourth-order valence-electron chi connectivity index (χ4n) is 2.45. The van der Waals surface area contributed by atoms with E-state index >= 15 is 0 Å². The summed E-state index contributed by atoms with van der Waals surface area (Å²) < 4.78 is 1.91. The van der Waals surface area contributed by atoms with Crippen LogP contribution in [0.25, 0.3) is 4.96 Å². The van der Waals surface area contributed by atoms with E-state index < -0.39 is 0 Å². The average Bonchev–Trinajstić information content (AvgIpc) is 2.92. The fourth-order valence-corrected chi connectivity index (χ4v) is 3.33. The largest absolute Gasteiger partial charge is 0.508 e. The summed E-state index contributed by atoms with van der Waals surface area (Å²) in [7, 11) is 0. The van der Waals surface area contributed by atoms with Crippen LogP contribution in [0.1, 0.15) is 41.6 Å². The summed E-state index contributed by atoms with van der Waals surface area (Å²) in [5.74, 6) is 1.84. The van der Waals surface area contributed by atoms with Gasteiger partial charge >= 0.3 is 0 Å². The van der Waals surface area contributed by atoms with Crippen molar-refractivity contribution in [3.63, 3.8) is 0 Å². The molecule has 20 heavy (non-hydrogen) atoms. The van der Waals surface area contributed by atoms with Crippen LogP contribution >= 0.6 is 11.3 Å². The molecule has 2 heterocycles. The second kappa shape index (κ2) is 4.56. The quantitative estimate of drug-likeness (QED) is 0.804. The van der Waals surface area contributed by atoms with Gasteiger partial charge in [0.2, 0.25) is 4.96 Å². The van der Waals surface area contributed by atoms with E-state index in [1.807, 2.05) is 16.6 Å². The van der Waals surface area contributed by atoms with Crippen LogP contribution in [0.15, 0.2) is 24.3 Å². The first-order chi connectivity index (χ1) is 9.79. The van der Waals surface area contributed by atoms with Crippen molar-refractivity contribution in [3.05, 3.63) is 40.7 Å². The Balaban J connectivity index is 1.63. The third kappa shape index (κ3) is 1.96. The van der Waals surface area contributed by atoms with Gasteiger partial charge in [0.1, 0.15) is 10.8 Å². The minimum Gasteiger partial charge on any atom is -0.508 e. The Labute approximate surface area is 119 Å². The highest BCUT2D eigenvalue weighted by Gasteiger charge is 2.26. The molecule has 102 valence electrons. The van der Waals surface area contributed by atoms with E-state index in [2.05, 4.69) is 15.3 Å². The van der Waals surface area contributed by atoms with Gasteiger partial charge in [0.05, 0.1) is 0 Å². The molecule has 6 heteroatoms.